The molecule has 3 rings (SSSR count). The average Bonchev–Trinajstić information content (AvgIpc) is 3.12. The summed E-state index contributed by atoms with van der Waals surface area (Å²) in [6, 6.07) is 7.29. The minimum absolute atomic E-state index is 0.0603. The van der Waals surface area contributed by atoms with Gasteiger partial charge in [0.25, 0.3) is 11.5 Å². The Morgan fingerprint density at radius 3 is 2.71 bits per heavy atom. The SMILES string of the molecule is Cc1cccc(-c2csc(=NC(=O)CC(=N)c3c(N)n(C)c(=O)[nH]c3=O)n2COP(=O)(O)O)c1. The van der Waals surface area contributed by atoms with Crippen LogP contribution in [0.1, 0.15) is 17.5 Å². The Balaban J connectivity index is 1.99. The molecule has 0 bridgehead atoms. The molecule has 13 nitrogen and oxygen atoms in total. The van der Waals surface area contributed by atoms with E-state index in [0.717, 1.165) is 21.5 Å². The molecule has 0 spiro atoms. The van der Waals surface area contributed by atoms with E-state index < -0.39 is 43.8 Å². The Bertz CT molecular complexity index is 1510. The Hall–Kier alpha value is -3.42. The molecule has 15 heteroatoms. The number of nitrogens with zero attached hydrogens (tertiary/aromatic N) is 3. The molecule has 0 saturated heterocycles. The zero-order valence-electron chi connectivity index (χ0n) is 18.0. The second kappa shape index (κ2) is 9.83. The van der Waals surface area contributed by atoms with Gasteiger partial charge in [0.15, 0.2) is 4.80 Å². The lowest BCUT2D eigenvalue weighted by atomic mass is 10.1. The predicted molar refractivity (Wildman–Crippen MR) is 124 cm³/mol. The molecule has 0 saturated carbocycles. The number of phosphoric acid groups is 1. The van der Waals surface area contributed by atoms with Gasteiger partial charge in [-0.25, -0.2) is 9.36 Å². The summed E-state index contributed by atoms with van der Waals surface area (Å²) in [7, 11) is -3.52. The highest BCUT2D eigenvalue weighted by Crippen LogP contribution is 2.36. The normalized spacial score (nSPS) is 12.2. The first-order valence-electron chi connectivity index (χ1n) is 9.57. The maximum atomic E-state index is 12.6. The van der Waals surface area contributed by atoms with Gasteiger partial charge < -0.3 is 20.9 Å². The molecular formula is C19H21N6O7PS. The number of aromatic amines is 1. The lowest BCUT2D eigenvalue weighted by Gasteiger charge is -2.11. The number of aryl methyl sites for hydroxylation is 1. The van der Waals surface area contributed by atoms with E-state index >= 15 is 0 Å². The Labute approximate surface area is 195 Å². The highest BCUT2D eigenvalue weighted by molar-refractivity contribution is 7.46. The van der Waals surface area contributed by atoms with Gasteiger partial charge in [0.1, 0.15) is 18.1 Å². The molecule has 2 heterocycles. The number of amides is 1. The van der Waals surface area contributed by atoms with E-state index in [1.54, 1.807) is 17.5 Å². The Morgan fingerprint density at radius 1 is 1.35 bits per heavy atom. The second-order valence-electron chi connectivity index (χ2n) is 7.19. The summed E-state index contributed by atoms with van der Waals surface area (Å²) in [5.41, 5.74) is 5.48. The van der Waals surface area contributed by atoms with Crippen LogP contribution >= 0.6 is 19.2 Å². The number of nitrogens with two attached hydrogens (primary N) is 1. The number of hydrogen-bond acceptors (Lipinski definition) is 8. The third-order valence-corrected chi connectivity index (χ3v) is 6.00. The first-order chi connectivity index (χ1) is 15.9. The molecule has 0 aliphatic carbocycles. The molecule has 1 amide bonds. The molecular weight excluding hydrogens is 487 g/mol. The van der Waals surface area contributed by atoms with E-state index in [-0.39, 0.29) is 16.2 Å². The highest BCUT2D eigenvalue weighted by atomic mass is 32.1. The van der Waals surface area contributed by atoms with Crippen LogP contribution in [-0.4, -0.2) is 35.5 Å². The van der Waals surface area contributed by atoms with Crippen LogP contribution in [0.25, 0.3) is 11.3 Å². The third kappa shape index (κ3) is 5.73. The zero-order chi connectivity index (χ0) is 25.2. The monoisotopic (exact) mass is 508 g/mol. The molecule has 0 radical (unpaired) electrons. The molecule has 0 fully saturated rings. The molecule has 1 aromatic carbocycles. The number of rotatable bonds is 7. The average molecular weight is 508 g/mol. The third-order valence-electron chi connectivity index (χ3n) is 4.69. The highest BCUT2D eigenvalue weighted by Gasteiger charge is 2.19. The number of anilines is 1. The standard InChI is InChI=1S/C19H21N6O7PS/c1-10-4-3-5-11(6-10)13-8-34-19(25(13)9-32-33(29,30)31)22-14(26)7-12(20)15-16(21)24(2)18(28)23-17(15)27/h3-6,8,20H,7,9,21H2,1-2H3,(H,23,27,28)(H2,29,30,31). The number of carbonyl (C=O) groups is 1. The van der Waals surface area contributed by atoms with E-state index in [1.807, 2.05) is 24.0 Å². The van der Waals surface area contributed by atoms with Gasteiger partial charge in [0, 0.05) is 12.4 Å². The maximum absolute atomic E-state index is 12.6. The van der Waals surface area contributed by atoms with Gasteiger partial charge in [-0.1, -0.05) is 23.8 Å². The Kier molecular flexibility index (Phi) is 7.29. The smallest absolute Gasteiger partial charge is 0.384 e. The quantitative estimate of drug-likeness (QED) is 0.223. The molecule has 0 aliphatic heterocycles. The predicted octanol–water partition coefficient (Wildman–Crippen LogP) is 0.446. The van der Waals surface area contributed by atoms with E-state index in [2.05, 4.69) is 9.52 Å². The van der Waals surface area contributed by atoms with Crippen LogP contribution in [0.2, 0.25) is 0 Å². The van der Waals surface area contributed by atoms with Crippen molar-refractivity contribution in [2.24, 2.45) is 12.0 Å². The number of hydrogen-bond donors (Lipinski definition) is 5. The summed E-state index contributed by atoms with van der Waals surface area (Å²) in [6.07, 6.45) is -0.609. The number of benzene rings is 1. The number of nitrogens with one attached hydrogen (secondary N) is 2. The van der Waals surface area contributed by atoms with E-state index in [4.69, 9.17) is 20.9 Å². The molecule has 0 aliphatic rings. The van der Waals surface area contributed by atoms with Crippen LogP contribution in [0.3, 0.4) is 0 Å². The first kappa shape index (κ1) is 25.2. The lowest BCUT2D eigenvalue weighted by Crippen LogP contribution is -2.35. The van der Waals surface area contributed by atoms with Crippen LogP contribution in [-0.2, 0) is 27.7 Å². The fourth-order valence-corrected chi connectivity index (χ4v) is 4.20. The van der Waals surface area contributed by atoms with Crippen molar-refractivity contribution in [1.82, 2.24) is 14.1 Å². The molecule has 180 valence electrons. The number of carbonyl (C=O) groups excluding carboxylic acids is 1. The van der Waals surface area contributed by atoms with Crippen LogP contribution in [0, 0.1) is 12.3 Å². The fourth-order valence-electron chi connectivity index (χ4n) is 3.03. The molecule has 2 aromatic heterocycles. The topological polar surface area (TPSA) is 206 Å². The van der Waals surface area contributed by atoms with Crippen LogP contribution in [0.15, 0.2) is 44.2 Å². The van der Waals surface area contributed by atoms with Gasteiger partial charge in [-0.2, -0.15) is 4.99 Å². The maximum Gasteiger partial charge on any atom is 0.471 e. The van der Waals surface area contributed by atoms with Gasteiger partial charge in [-0.05, 0) is 18.6 Å². The van der Waals surface area contributed by atoms with Crippen LogP contribution in [0.5, 0.6) is 0 Å². The van der Waals surface area contributed by atoms with Gasteiger partial charge in [0.2, 0.25) is 0 Å². The number of phosphoric ester groups is 1. The summed E-state index contributed by atoms with van der Waals surface area (Å²) in [5.74, 6) is -1.09. The fraction of sp³-hybridized carbons (Fsp3) is 0.211. The van der Waals surface area contributed by atoms with Crippen molar-refractivity contribution in [3.05, 3.63) is 66.4 Å². The van der Waals surface area contributed by atoms with Gasteiger partial charge in [-0.15, -0.1) is 11.3 Å². The van der Waals surface area contributed by atoms with Gasteiger partial charge >= 0.3 is 13.5 Å². The van der Waals surface area contributed by atoms with Crippen molar-refractivity contribution in [1.29, 1.82) is 5.41 Å². The van der Waals surface area contributed by atoms with Crippen molar-refractivity contribution in [3.63, 3.8) is 0 Å². The minimum atomic E-state index is -4.82. The number of thiazole rings is 1. The van der Waals surface area contributed by atoms with E-state index in [0.29, 0.717) is 11.3 Å². The molecule has 34 heavy (non-hydrogen) atoms. The zero-order valence-corrected chi connectivity index (χ0v) is 19.7. The van der Waals surface area contributed by atoms with E-state index in [9.17, 15) is 18.9 Å². The van der Waals surface area contributed by atoms with E-state index in [1.165, 1.54) is 11.6 Å². The van der Waals surface area contributed by atoms with Crippen molar-refractivity contribution in [2.45, 2.75) is 20.1 Å². The van der Waals surface area contributed by atoms with Crippen molar-refractivity contribution in [3.8, 4) is 11.3 Å². The Morgan fingerprint density at radius 2 is 2.06 bits per heavy atom. The largest absolute Gasteiger partial charge is 0.471 e. The summed E-state index contributed by atoms with van der Waals surface area (Å²) in [4.78, 5) is 60.5. The number of nitrogen functional groups attached to an aromatic ring is 1. The molecule has 0 atom stereocenters. The summed E-state index contributed by atoms with van der Waals surface area (Å²) in [5, 5.41) is 9.77. The first-order valence-corrected chi connectivity index (χ1v) is 12.0. The molecule has 0 unspecified atom stereocenters. The second-order valence-corrected chi connectivity index (χ2v) is 9.27. The minimum Gasteiger partial charge on any atom is -0.384 e. The van der Waals surface area contributed by atoms with Crippen molar-refractivity contribution >= 4 is 36.6 Å². The molecule has 6 N–H and O–H groups in total. The number of aromatic nitrogens is 3. The molecule has 3 aromatic rings. The van der Waals surface area contributed by atoms with Gasteiger partial charge in [-0.3, -0.25) is 28.2 Å². The summed E-state index contributed by atoms with van der Waals surface area (Å²) in [6.45, 7) is 1.29. The van der Waals surface area contributed by atoms with Gasteiger partial charge in [0.05, 0.1) is 17.8 Å². The van der Waals surface area contributed by atoms with Crippen molar-refractivity contribution in [2.75, 3.05) is 5.73 Å². The summed E-state index contributed by atoms with van der Waals surface area (Å²) < 4.78 is 18.1. The lowest BCUT2D eigenvalue weighted by molar-refractivity contribution is -0.116. The summed E-state index contributed by atoms with van der Waals surface area (Å²) >= 11 is 1.02. The van der Waals surface area contributed by atoms with Crippen LogP contribution in [0.4, 0.5) is 5.82 Å². The number of H-pyrrole nitrogens is 1. The van der Waals surface area contributed by atoms with Crippen LogP contribution < -0.4 is 21.8 Å². The van der Waals surface area contributed by atoms with Crippen molar-refractivity contribution < 1.29 is 23.7 Å².